The Morgan fingerprint density at radius 2 is 2.26 bits per heavy atom. The number of aromatic nitrogens is 1. The third-order valence-electron chi connectivity index (χ3n) is 5.79. The summed E-state index contributed by atoms with van der Waals surface area (Å²) in [4.78, 5) is 31.5. The number of hydrogen-bond donors (Lipinski definition) is 2. The van der Waals surface area contributed by atoms with E-state index in [2.05, 4.69) is 16.4 Å². The minimum Gasteiger partial charge on any atom is -0.392 e. The number of nitrogens with one attached hydrogen (secondary N) is 1. The molecule has 2 saturated heterocycles. The molecule has 2 aliphatic rings. The molecule has 6 nitrogen and oxygen atoms in total. The Morgan fingerprint density at radius 3 is 3.07 bits per heavy atom. The molecule has 0 radical (unpaired) electrons. The van der Waals surface area contributed by atoms with Crippen LogP contribution < -0.4 is 5.32 Å². The fourth-order valence-corrected chi connectivity index (χ4v) is 5.24. The summed E-state index contributed by atoms with van der Waals surface area (Å²) in [6.45, 7) is 1.51. The van der Waals surface area contributed by atoms with E-state index in [1.54, 1.807) is 16.2 Å². The van der Waals surface area contributed by atoms with Crippen LogP contribution >= 0.6 is 11.3 Å². The fraction of sp³-hybridized carbons (Fsp3) is 0.550. The molecule has 1 aromatic carbocycles. The van der Waals surface area contributed by atoms with Crippen molar-refractivity contribution in [1.82, 2.24) is 15.2 Å². The zero-order valence-electron chi connectivity index (χ0n) is 15.3. The zero-order chi connectivity index (χ0) is 18.9. The monoisotopic (exact) mass is 387 g/mol. The van der Waals surface area contributed by atoms with Gasteiger partial charge in [0.1, 0.15) is 0 Å². The lowest BCUT2D eigenvalue weighted by Crippen LogP contribution is -2.62. The number of aliphatic hydroxyl groups is 1. The standard InChI is InChI=1S/C20H25N3O3S/c24-16-9-12-23(13-20(16)10-4-11-21-19(20)26)18(25)8-3-7-17-22-14-5-1-2-6-15(14)27-17/h1-2,5-6,16,24H,3-4,7-13H2,(H,21,26)/t16-,20+/m0/s1. The molecule has 2 amide bonds. The van der Waals surface area contributed by atoms with Crippen LogP contribution in [0.5, 0.6) is 0 Å². The minimum absolute atomic E-state index is 0.0701. The maximum absolute atomic E-state index is 12.7. The molecule has 2 aliphatic heterocycles. The van der Waals surface area contributed by atoms with Gasteiger partial charge in [0.15, 0.2) is 0 Å². The van der Waals surface area contributed by atoms with Crippen LogP contribution in [0.4, 0.5) is 0 Å². The van der Waals surface area contributed by atoms with E-state index < -0.39 is 11.5 Å². The molecular weight excluding hydrogens is 362 g/mol. The first-order valence-electron chi connectivity index (χ1n) is 9.67. The van der Waals surface area contributed by atoms with Crippen molar-refractivity contribution < 1.29 is 14.7 Å². The fourth-order valence-electron chi connectivity index (χ4n) is 4.23. The van der Waals surface area contributed by atoms with Crippen LogP contribution in [0.3, 0.4) is 0 Å². The summed E-state index contributed by atoms with van der Waals surface area (Å²) < 4.78 is 1.18. The second-order valence-corrected chi connectivity index (χ2v) is 8.68. The lowest BCUT2D eigenvalue weighted by atomic mass is 9.71. The van der Waals surface area contributed by atoms with Gasteiger partial charge in [0.25, 0.3) is 0 Å². The molecule has 2 fully saturated rings. The van der Waals surface area contributed by atoms with Gasteiger partial charge in [-0.25, -0.2) is 4.98 Å². The van der Waals surface area contributed by atoms with Crippen LogP contribution in [0.25, 0.3) is 10.2 Å². The van der Waals surface area contributed by atoms with Gasteiger partial charge in [-0.3, -0.25) is 9.59 Å². The normalized spacial score (nSPS) is 25.7. The first-order valence-corrected chi connectivity index (χ1v) is 10.5. The van der Waals surface area contributed by atoms with Crippen LogP contribution in [0.2, 0.25) is 0 Å². The lowest BCUT2D eigenvalue weighted by molar-refractivity contribution is -0.154. The maximum atomic E-state index is 12.7. The van der Waals surface area contributed by atoms with E-state index in [1.165, 1.54) is 4.70 Å². The van der Waals surface area contributed by atoms with Gasteiger partial charge in [0, 0.05) is 26.1 Å². The Hall–Kier alpha value is -1.99. The average Bonchev–Trinajstić information content (AvgIpc) is 3.09. The van der Waals surface area contributed by atoms with Crippen molar-refractivity contribution in [2.45, 2.75) is 44.6 Å². The number of amides is 2. The van der Waals surface area contributed by atoms with Crippen LogP contribution in [0, 0.1) is 5.41 Å². The van der Waals surface area contributed by atoms with E-state index in [0.29, 0.717) is 38.9 Å². The van der Waals surface area contributed by atoms with E-state index in [9.17, 15) is 14.7 Å². The van der Waals surface area contributed by atoms with Gasteiger partial charge < -0.3 is 15.3 Å². The molecule has 0 aliphatic carbocycles. The van der Waals surface area contributed by atoms with Crippen molar-refractivity contribution in [1.29, 1.82) is 0 Å². The average molecular weight is 388 g/mol. The number of carbonyl (C=O) groups excluding carboxylic acids is 2. The van der Waals surface area contributed by atoms with Crippen LogP contribution in [-0.2, 0) is 16.0 Å². The van der Waals surface area contributed by atoms with Gasteiger partial charge in [-0.1, -0.05) is 12.1 Å². The van der Waals surface area contributed by atoms with Crippen molar-refractivity contribution in [3.63, 3.8) is 0 Å². The van der Waals surface area contributed by atoms with Gasteiger partial charge in [0.05, 0.1) is 26.7 Å². The Labute approximate surface area is 162 Å². The van der Waals surface area contributed by atoms with Crippen LogP contribution in [0.15, 0.2) is 24.3 Å². The number of piperidine rings is 2. The number of rotatable bonds is 4. The highest BCUT2D eigenvalue weighted by Crippen LogP contribution is 2.37. The Bertz CT molecular complexity index is 819. The molecule has 2 aromatic rings. The molecule has 0 saturated carbocycles. The number of hydrogen-bond acceptors (Lipinski definition) is 5. The molecule has 0 bridgehead atoms. The third kappa shape index (κ3) is 3.58. The number of aliphatic hydroxyl groups excluding tert-OH is 1. The molecule has 1 spiro atoms. The van der Waals surface area contributed by atoms with Crippen LogP contribution in [0.1, 0.15) is 37.1 Å². The van der Waals surface area contributed by atoms with Crippen LogP contribution in [-0.4, -0.2) is 52.5 Å². The van der Waals surface area contributed by atoms with E-state index >= 15 is 0 Å². The molecule has 2 N–H and O–H groups in total. The topological polar surface area (TPSA) is 82.5 Å². The third-order valence-corrected chi connectivity index (χ3v) is 6.89. The van der Waals surface area contributed by atoms with Gasteiger partial charge in [-0.15, -0.1) is 11.3 Å². The summed E-state index contributed by atoms with van der Waals surface area (Å²) >= 11 is 1.68. The summed E-state index contributed by atoms with van der Waals surface area (Å²) in [6, 6.07) is 8.07. The van der Waals surface area contributed by atoms with Crippen molar-refractivity contribution in [3.8, 4) is 0 Å². The summed E-state index contributed by atoms with van der Waals surface area (Å²) in [6.07, 6.45) is 3.28. The van der Waals surface area contributed by atoms with E-state index in [4.69, 9.17) is 0 Å². The van der Waals surface area contributed by atoms with Crippen molar-refractivity contribution in [2.75, 3.05) is 19.6 Å². The van der Waals surface area contributed by atoms with Gasteiger partial charge in [-0.2, -0.15) is 0 Å². The number of thiazole rings is 1. The smallest absolute Gasteiger partial charge is 0.230 e. The quantitative estimate of drug-likeness (QED) is 0.842. The molecule has 4 rings (SSSR count). The highest BCUT2D eigenvalue weighted by Gasteiger charge is 2.50. The number of likely N-dealkylation sites (tertiary alicyclic amines) is 1. The highest BCUT2D eigenvalue weighted by molar-refractivity contribution is 7.18. The molecule has 144 valence electrons. The predicted molar refractivity (Wildman–Crippen MR) is 104 cm³/mol. The van der Waals surface area contributed by atoms with Crippen molar-refractivity contribution >= 4 is 33.4 Å². The van der Waals surface area contributed by atoms with Gasteiger partial charge in [-0.05, 0) is 44.2 Å². The number of nitrogens with zero attached hydrogens (tertiary/aromatic N) is 2. The second-order valence-electron chi connectivity index (χ2n) is 7.56. The molecule has 0 unspecified atom stereocenters. The minimum atomic E-state index is -0.820. The first kappa shape index (κ1) is 18.4. The lowest BCUT2D eigenvalue weighted by Gasteiger charge is -2.46. The number of para-hydroxylation sites is 1. The number of carbonyl (C=O) groups is 2. The van der Waals surface area contributed by atoms with Crippen molar-refractivity contribution in [2.24, 2.45) is 5.41 Å². The van der Waals surface area contributed by atoms with E-state index in [-0.39, 0.29) is 11.8 Å². The Morgan fingerprint density at radius 1 is 1.41 bits per heavy atom. The summed E-state index contributed by atoms with van der Waals surface area (Å²) in [5, 5.41) is 14.4. The van der Waals surface area contributed by atoms with E-state index in [0.717, 1.165) is 29.8 Å². The SMILES string of the molecule is O=C(CCCc1nc2ccccc2s1)N1CC[C@H](O)[C@@]2(CCCNC2=O)C1. The second kappa shape index (κ2) is 7.56. The van der Waals surface area contributed by atoms with Crippen molar-refractivity contribution in [3.05, 3.63) is 29.3 Å². The van der Waals surface area contributed by atoms with Gasteiger partial charge >= 0.3 is 0 Å². The number of benzene rings is 1. The summed E-state index contributed by atoms with van der Waals surface area (Å²) in [5.74, 6) is -0.0333. The molecule has 3 heterocycles. The highest BCUT2D eigenvalue weighted by atomic mass is 32.1. The Balaban J connectivity index is 1.34. The molecule has 27 heavy (non-hydrogen) atoms. The molecular formula is C20H25N3O3S. The molecule has 2 atom stereocenters. The number of fused-ring (bicyclic) bond motifs is 1. The summed E-state index contributed by atoms with van der Waals surface area (Å²) in [7, 11) is 0. The van der Waals surface area contributed by atoms with E-state index in [1.807, 2.05) is 18.2 Å². The molecule has 7 heteroatoms. The largest absolute Gasteiger partial charge is 0.392 e. The maximum Gasteiger partial charge on any atom is 0.230 e. The Kier molecular flexibility index (Phi) is 5.14. The number of aryl methyl sites for hydroxylation is 1. The zero-order valence-corrected chi connectivity index (χ0v) is 16.1. The first-order chi connectivity index (χ1) is 13.1. The summed E-state index contributed by atoms with van der Waals surface area (Å²) in [5.41, 5.74) is 0.193. The molecule has 1 aromatic heterocycles. The van der Waals surface area contributed by atoms with Gasteiger partial charge in [0.2, 0.25) is 11.8 Å². The predicted octanol–water partition coefficient (Wildman–Crippen LogP) is 2.11.